The van der Waals surface area contributed by atoms with Gasteiger partial charge in [-0.2, -0.15) is 5.10 Å². The number of rotatable bonds is 7. The van der Waals surface area contributed by atoms with Crippen molar-refractivity contribution in [3.8, 4) is 5.75 Å². The Morgan fingerprint density at radius 1 is 1.23 bits per heavy atom. The van der Waals surface area contributed by atoms with Crippen molar-refractivity contribution in [3.63, 3.8) is 0 Å². The Bertz CT molecular complexity index is 536. The highest BCUT2D eigenvalue weighted by atomic mass is 16.5. The van der Waals surface area contributed by atoms with Crippen molar-refractivity contribution in [3.05, 3.63) is 29.8 Å². The van der Waals surface area contributed by atoms with Gasteiger partial charge in [-0.1, -0.05) is 26.0 Å². The number of carbonyl (C=O) groups is 2. The van der Waals surface area contributed by atoms with Crippen molar-refractivity contribution < 1.29 is 14.3 Å². The monoisotopic (exact) mass is 305 g/mol. The largest absolute Gasteiger partial charge is 0.497 e. The molecule has 120 valence electrons. The molecule has 6 heteroatoms. The smallest absolute Gasteiger partial charge is 0.242 e. The van der Waals surface area contributed by atoms with Gasteiger partial charge in [0.25, 0.3) is 0 Å². The van der Waals surface area contributed by atoms with Crippen LogP contribution >= 0.6 is 0 Å². The summed E-state index contributed by atoms with van der Waals surface area (Å²) in [6.45, 7) is 5.70. The molecule has 0 spiro atoms. The van der Waals surface area contributed by atoms with Gasteiger partial charge in [0.15, 0.2) is 0 Å². The van der Waals surface area contributed by atoms with Crippen LogP contribution in [0.25, 0.3) is 0 Å². The third kappa shape index (κ3) is 6.39. The Hall–Kier alpha value is -2.37. The first kappa shape index (κ1) is 17.7. The van der Waals surface area contributed by atoms with E-state index in [1.165, 1.54) is 0 Å². The average Bonchev–Trinajstić information content (AvgIpc) is 2.50. The van der Waals surface area contributed by atoms with Crippen LogP contribution in [0.4, 0.5) is 0 Å². The summed E-state index contributed by atoms with van der Waals surface area (Å²) in [5.41, 5.74) is 3.97. The number of hydrogen-bond donors (Lipinski definition) is 2. The highest BCUT2D eigenvalue weighted by Gasteiger charge is 2.07. The number of benzene rings is 1. The molecule has 0 aliphatic heterocycles. The summed E-state index contributed by atoms with van der Waals surface area (Å²) in [6, 6.07) is 7.47. The molecule has 0 aliphatic rings. The topological polar surface area (TPSA) is 79.8 Å². The fourth-order valence-corrected chi connectivity index (χ4v) is 1.56. The molecule has 0 atom stereocenters. The van der Waals surface area contributed by atoms with Gasteiger partial charge in [0, 0.05) is 18.2 Å². The van der Waals surface area contributed by atoms with Crippen LogP contribution in [0, 0.1) is 5.92 Å². The van der Waals surface area contributed by atoms with Crippen molar-refractivity contribution >= 4 is 17.5 Å². The molecule has 1 aromatic carbocycles. The van der Waals surface area contributed by atoms with Gasteiger partial charge < -0.3 is 10.1 Å². The number of carbonyl (C=O) groups excluding carboxylic acids is 2. The highest BCUT2D eigenvalue weighted by molar-refractivity contribution is 6.00. The number of nitrogens with one attached hydrogen (secondary N) is 2. The third-order valence-electron chi connectivity index (χ3n) is 2.95. The molecular formula is C16H23N3O3. The van der Waals surface area contributed by atoms with Crippen molar-refractivity contribution in [1.29, 1.82) is 0 Å². The Kier molecular flexibility index (Phi) is 7.08. The molecule has 1 rings (SSSR count). The SMILES string of the molecule is COc1ccc(CNC(=O)CC(C)=NNC(=O)C(C)C)cc1. The lowest BCUT2D eigenvalue weighted by Gasteiger charge is -2.07. The van der Waals surface area contributed by atoms with Crippen LogP contribution in [0.15, 0.2) is 29.4 Å². The summed E-state index contributed by atoms with van der Waals surface area (Å²) in [7, 11) is 1.61. The number of nitrogens with zero attached hydrogens (tertiary/aromatic N) is 1. The van der Waals surface area contributed by atoms with E-state index in [4.69, 9.17) is 4.74 Å². The molecule has 0 unspecified atom stereocenters. The molecule has 6 nitrogen and oxygen atoms in total. The van der Waals surface area contributed by atoms with E-state index in [9.17, 15) is 9.59 Å². The minimum atomic E-state index is -0.169. The summed E-state index contributed by atoms with van der Waals surface area (Å²) in [6.07, 6.45) is 0.147. The maximum atomic E-state index is 11.8. The maximum Gasteiger partial charge on any atom is 0.242 e. The Morgan fingerprint density at radius 3 is 2.41 bits per heavy atom. The summed E-state index contributed by atoms with van der Waals surface area (Å²) in [5.74, 6) is 0.327. The predicted molar refractivity (Wildman–Crippen MR) is 85.5 cm³/mol. The number of hydrogen-bond acceptors (Lipinski definition) is 4. The first-order chi connectivity index (χ1) is 10.4. The zero-order valence-electron chi connectivity index (χ0n) is 13.5. The van der Waals surface area contributed by atoms with Gasteiger partial charge in [-0.05, 0) is 24.6 Å². The Balaban J connectivity index is 2.38. The normalized spacial score (nSPS) is 11.2. The number of ether oxygens (including phenoxy) is 1. The van der Waals surface area contributed by atoms with Gasteiger partial charge in [0.05, 0.1) is 13.5 Å². The van der Waals surface area contributed by atoms with E-state index in [0.29, 0.717) is 12.3 Å². The standard InChI is InChI=1S/C16H23N3O3/c1-11(2)16(21)19-18-12(3)9-15(20)17-10-13-5-7-14(22-4)8-6-13/h5-8,11H,9-10H2,1-4H3,(H,17,20)(H,19,21). The van der Waals surface area contributed by atoms with E-state index < -0.39 is 0 Å². The molecule has 22 heavy (non-hydrogen) atoms. The lowest BCUT2D eigenvalue weighted by atomic mass is 10.2. The molecule has 2 amide bonds. The fourth-order valence-electron chi connectivity index (χ4n) is 1.56. The number of hydrazone groups is 1. The average molecular weight is 305 g/mol. The zero-order valence-corrected chi connectivity index (χ0v) is 13.5. The van der Waals surface area contributed by atoms with Crippen LogP contribution in [-0.4, -0.2) is 24.6 Å². The van der Waals surface area contributed by atoms with Crippen LogP contribution in [0.5, 0.6) is 5.75 Å². The highest BCUT2D eigenvalue weighted by Crippen LogP contribution is 2.10. The van der Waals surface area contributed by atoms with Crippen molar-refractivity contribution in [1.82, 2.24) is 10.7 Å². The maximum absolute atomic E-state index is 11.8. The fraction of sp³-hybridized carbons (Fsp3) is 0.438. The van der Waals surface area contributed by atoms with Crippen LogP contribution in [0.1, 0.15) is 32.8 Å². The molecule has 0 saturated heterocycles. The van der Waals surface area contributed by atoms with Crippen LogP contribution in [0.3, 0.4) is 0 Å². The van der Waals surface area contributed by atoms with Crippen LogP contribution in [-0.2, 0) is 16.1 Å². The van der Waals surface area contributed by atoms with E-state index in [1.807, 2.05) is 24.3 Å². The molecule has 1 aromatic rings. The molecule has 0 radical (unpaired) electrons. The van der Waals surface area contributed by atoms with Crippen molar-refractivity contribution in [2.24, 2.45) is 11.0 Å². The minimum absolute atomic E-state index is 0.138. The lowest BCUT2D eigenvalue weighted by molar-refractivity contribution is -0.124. The molecule has 0 aliphatic carbocycles. The van der Waals surface area contributed by atoms with Gasteiger partial charge in [-0.15, -0.1) is 0 Å². The molecule has 0 aromatic heterocycles. The lowest BCUT2D eigenvalue weighted by Crippen LogP contribution is -2.27. The first-order valence-corrected chi connectivity index (χ1v) is 7.15. The Morgan fingerprint density at radius 2 is 1.86 bits per heavy atom. The quantitative estimate of drug-likeness (QED) is 0.596. The zero-order chi connectivity index (χ0) is 16.5. The second-order valence-electron chi connectivity index (χ2n) is 5.28. The molecular weight excluding hydrogens is 282 g/mol. The second-order valence-corrected chi connectivity index (χ2v) is 5.28. The number of amides is 2. The predicted octanol–water partition coefficient (Wildman–Crippen LogP) is 1.85. The molecule has 0 bridgehead atoms. The van der Waals surface area contributed by atoms with E-state index >= 15 is 0 Å². The Labute approximate surface area is 130 Å². The molecule has 2 N–H and O–H groups in total. The van der Waals surface area contributed by atoms with Crippen molar-refractivity contribution in [2.75, 3.05) is 7.11 Å². The first-order valence-electron chi connectivity index (χ1n) is 7.15. The summed E-state index contributed by atoms with van der Waals surface area (Å²) in [4.78, 5) is 23.2. The summed E-state index contributed by atoms with van der Waals surface area (Å²) < 4.78 is 5.07. The third-order valence-corrected chi connectivity index (χ3v) is 2.95. The van der Waals surface area contributed by atoms with Crippen LogP contribution in [0.2, 0.25) is 0 Å². The number of methoxy groups -OCH3 is 1. The van der Waals surface area contributed by atoms with Gasteiger partial charge in [0.2, 0.25) is 11.8 Å². The van der Waals surface area contributed by atoms with E-state index in [2.05, 4.69) is 15.8 Å². The van der Waals surface area contributed by atoms with Gasteiger partial charge in [-0.3, -0.25) is 9.59 Å². The van der Waals surface area contributed by atoms with Crippen molar-refractivity contribution in [2.45, 2.75) is 33.7 Å². The van der Waals surface area contributed by atoms with Gasteiger partial charge >= 0.3 is 0 Å². The second kappa shape index (κ2) is 8.81. The van der Waals surface area contributed by atoms with Gasteiger partial charge in [-0.25, -0.2) is 5.43 Å². The van der Waals surface area contributed by atoms with E-state index in [1.54, 1.807) is 27.9 Å². The van der Waals surface area contributed by atoms with Gasteiger partial charge in [0.1, 0.15) is 5.75 Å². The summed E-state index contributed by atoms with van der Waals surface area (Å²) in [5, 5.41) is 6.71. The molecule has 0 fully saturated rings. The minimum Gasteiger partial charge on any atom is -0.497 e. The molecule has 0 heterocycles. The summed E-state index contributed by atoms with van der Waals surface area (Å²) >= 11 is 0. The molecule has 0 saturated carbocycles. The van der Waals surface area contributed by atoms with Crippen LogP contribution < -0.4 is 15.5 Å². The van der Waals surface area contributed by atoms with E-state index in [-0.39, 0.29) is 24.2 Å². The van der Waals surface area contributed by atoms with E-state index in [0.717, 1.165) is 11.3 Å².